The first-order valence-corrected chi connectivity index (χ1v) is 7.68. The van der Waals surface area contributed by atoms with E-state index in [1.807, 2.05) is 24.3 Å². The molecule has 0 aliphatic heterocycles. The summed E-state index contributed by atoms with van der Waals surface area (Å²) in [7, 11) is 1.55. The molecule has 112 valence electrons. The van der Waals surface area contributed by atoms with E-state index in [0.717, 1.165) is 4.90 Å². The number of nitrogens with one attached hydrogen (secondary N) is 1. The molecule has 6 heteroatoms. The van der Waals surface area contributed by atoms with Crippen molar-refractivity contribution in [3.05, 3.63) is 58.9 Å². The second kappa shape index (κ2) is 7.66. The lowest BCUT2D eigenvalue weighted by Gasteiger charge is -2.19. The zero-order chi connectivity index (χ0) is 15.2. The fourth-order valence-corrected chi connectivity index (χ4v) is 3.22. The van der Waals surface area contributed by atoms with Crippen molar-refractivity contribution < 1.29 is 9.13 Å². The highest BCUT2D eigenvalue weighted by atomic mass is 35.5. The Morgan fingerprint density at radius 1 is 1.33 bits per heavy atom. The number of rotatable bonds is 6. The number of hydrazine groups is 1. The predicted molar refractivity (Wildman–Crippen MR) is 85.2 cm³/mol. The SMILES string of the molecule is COc1ccc(F)cc1C(CSc1cccc(Cl)c1)NN. The summed E-state index contributed by atoms with van der Waals surface area (Å²) in [5, 5.41) is 0.681. The Hall–Kier alpha value is -1.27. The summed E-state index contributed by atoms with van der Waals surface area (Å²) < 4.78 is 18.7. The van der Waals surface area contributed by atoms with E-state index in [2.05, 4.69) is 5.43 Å². The van der Waals surface area contributed by atoms with Gasteiger partial charge in [-0.25, -0.2) is 4.39 Å². The van der Waals surface area contributed by atoms with Crippen molar-refractivity contribution in [2.75, 3.05) is 12.9 Å². The van der Waals surface area contributed by atoms with Crippen LogP contribution in [0.1, 0.15) is 11.6 Å². The van der Waals surface area contributed by atoms with Crippen LogP contribution in [0, 0.1) is 5.82 Å². The number of methoxy groups -OCH3 is 1. The minimum atomic E-state index is -0.321. The van der Waals surface area contributed by atoms with Crippen molar-refractivity contribution in [1.29, 1.82) is 0 Å². The van der Waals surface area contributed by atoms with Crippen LogP contribution in [0.4, 0.5) is 4.39 Å². The molecule has 1 unspecified atom stereocenters. The molecule has 0 spiro atoms. The first-order chi connectivity index (χ1) is 10.1. The second-order valence-corrected chi connectivity index (χ2v) is 5.90. The highest BCUT2D eigenvalue weighted by Crippen LogP contribution is 2.31. The average molecular weight is 327 g/mol. The minimum Gasteiger partial charge on any atom is -0.496 e. The molecule has 0 heterocycles. The first-order valence-electron chi connectivity index (χ1n) is 6.32. The quantitative estimate of drug-likeness (QED) is 0.482. The minimum absolute atomic E-state index is 0.236. The normalized spacial score (nSPS) is 12.2. The van der Waals surface area contributed by atoms with Crippen LogP contribution in [0.25, 0.3) is 0 Å². The summed E-state index contributed by atoms with van der Waals surface area (Å²) in [6.45, 7) is 0. The summed E-state index contributed by atoms with van der Waals surface area (Å²) in [6, 6.07) is 11.7. The fourth-order valence-electron chi connectivity index (χ4n) is 1.94. The average Bonchev–Trinajstić information content (AvgIpc) is 2.48. The molecule has 0 aliphatic carbocycles. The van der Waals surface area contributed by atoms with Crippen LogP contribution < -0.4 is 16.0 Å². The highest BCUT2D eigenvalue weighted by molar-refractivity contribution is 7.99. The van der Waals surface area contributed by atoms with Crippen LogP contribution in [0.5, 0.6) is 5.75 Å². The Morgan fingerprint density at radius 2 is 2.14 bits per heavy atom. The molecule has 0 amide bonds. The Bertz CT molecular complexity index is 612. The van der Waals surface area contributed by atoms with Crippen molar-refractivity contribution in [2.24, 2.45) is 5.84 Å². The summed E-state index contributed by atoms with van der Waals surface area (Å²) in [5.41, 5.74) is 3.39. The molecule has 0 aliphatic rings. The van der Waals surface area contributed by atoms with Crippen LogP contribution in [-0.2, 0) is 0 Å². The van der Waals surface area contributed by atoms with Gasteiger partial charge in [-0.15, -0.1) is 11.8 Å². The molecular formula is C15H16ClFN2OS. The fraction of sp³-hybridized carbons (Fsp3) is 0.200. The topological polar surface area (TPSA) is 47.3 Å². The van der Waals surface area contributed by atoms with Gasteiger partial charge in [0.2, 0.25) is 0 Å². The molecule has 0 saturated heterocycles. The lowest BCUT2D eigenvalue weighted by molar-refractivity contribution is 0.401. The first kappa shape index (κ1) is 16.1. The van der Waals surface area contributed by atoms with Crippen LogP contribution in [0.15, 0.2) is 47.4 Å². The van der Waals surface area contributed by atoms with E-state index in [9.17, 15) is 4.39 Å². The molecule has 0 radical (unpaired) electrons. The van der Waals surface area contributed by atoms with E-state index in [1.165, 1.54) is 12.1 Å². The molecule has 3 N–H and O–H groups in total. The molecule has 3 nitrogen and oxygen atoms in total. The lowest BCUT2D eigenvalue weighted by Crippen LogP contribution is -2.30. The summed E-state index contributed by atoms with van der Waals surface area (Å²) >= 11 is 7.54. The van der Waals surface area contributed by atoms with Crippen LogP contribution in [0.3, 0.4) is 0 Å². The van der Waals surface area contributed by atoms with Gasteiger partial charge >= 0.3 is 0 Å². The molecular weight excluding hydrogens is 311 g/mol. The van der Waals surface area contributed by atoms with E-state index in [-0.39, 0.29) is 11.9 Å². The van der Waals surface area contributed by atoms with Gasteiger partial charge in [0, 0.05) is 21.2 Å². The molecule has 0 bridgehead atoms. The Balaban J connectivity index is 2.15. The number of hydrogen-bond donors (Lipinski definition) is 2. The molecule has 21 heavy (non-hydrogen) atoms. The van der Waals surface area contributed by atoms with Gasteiger partial charge in [-0.3, -0.25) is 11.3 Å². The number of hydrogen-bond acceptors (Lipinski definition) is 4. The van der Waals surface area contributed by atoms with Crippen molar-refractivity contribution in [3.63, 3.8) is 0 Å². The number of benzene rings is 2. The molecule has 0 fully saturated rings. The maximum Gasteiger partial charge on any atom is 0.123 e. The summed E-state index contributed by atoms with van der Waals surface area (Å²) in [5.74, 6) is 6.51. The highest BCUT2D eigenvalue weighted by Gasteiger charge is 2.16. The van der Waals surface area contributed by atoms with E-state index in [0.29, 0.717) is 22.1 Å². The van der Waals surface area contributed by atoms with Gasteiger partial charge in [0.1, 0.15) is 11.6 Å². The molecule has 2 rings (SSSR count). The van der Waals surface area contributed by atoms with Crippen LogP contribution >= 0.6 is 23.4 Å². The van der Waals surface area contributed by atoms with Gasteiger partial charge < -0.3 is 4.74 Å². The third kappa shape index (κ3) is 4.35. The third-order valence-electron chi connectivity index (χ3n) is 2.98. The monoisotopic (exact) mass is 326 g/mol. The van der Waals surface area contributed by atoms with Gasteiger partial charge in [-0.05, 0) is 36.4 Å². The second-order valence-electron chi connectivity index (χ2n) is 4.37. The van der Waals surface area contributed by atoms with Gasteiger partial charge in [-0.2, -0.15) is 0 Å². The van der Waals surface area contributed by atoms with Crippen LogP contribution in [0.2, 0.25) is 5.02 Å². The summed E-state index contributed by atoms with van der Waals surface area (Å²) in [4.78, 5) is 1.03. The van der Waals surface area contributed by atoms with Gasteiger partial charge in [0.25, 0.3) is 0 Å². The van der Waals surface area contributed by atoms with E-state index >= 15 is 0 Å². The maximum absolute atomic E-state index is 13.4. The van der Waals surface area contributed by atoms with Crippen molar-refractivity contribution >= 4 is 23.4 Å². The molecule has 1 atom stereocenters. The number of ether oxygens (including phenoxy) is 1. The zero-order valence-electron chi connectivity index (χ0n) is 11.5. The van der Waals surface area contributed by atoms with Gasteiger partial charge in [-0.1, -0.05) is 17.7 Å². The van der Waals surface area contributed by atoms with Crippen LogP contribution in [-0.4, -0.2) is 12.9 Å². The predicted octanol–water partition coefficient (Wildman–Crippen LogP) is 3.78. The lowest BCUT2D eigenvalue weighted by atomic mass is 10.1. The largest absolute Gasteiger partial charge is 0.496 e. The molecule has 2 aromatic rings. The Kier molecular flexibility index (Phi) is 5.87. The van der Waals surface area contributed by atoms with E-state index in [4.69, 9.17) is 22.2 Å². The molecule has 0 aromatic heterocycles. The third-order valence-corrected chi connectivity index (χ3v) is 4.30. The zero-order valence-corrected chi connectivity index (χ0v) is 13.0. The Morgan fingerprint density at radius 3 is 2.81 bits per heavy atom. The van der Waals surface area contributed by atoms with Crippen molar-refractivity contribution in [1.82, 2.24) is 5.43 Å². The number of halogens is 2. The molecule has 2 aromatic carbocycles. The number of nitrogens with two attached hydrogens (primary N) is 1. The van der Waals surface area contributed by atoms with Crippen molar-refractivity contribution in [2.45, 2.75) is 10.9 Å². The summed E-state index contributed by atoms with van der Waals surface area (Å²) in [6.07, 6.45) is 0. The maximum atomic E-state index is 13.4. The standard InChI is InChI=1S/C15H16ClFN2OS/c1-20-15-6-5-11(17)8-13(15)14(19-18)9-21-12-4-2-3-10(16)7-12/h2-8,14,19H,9,18H2,1H3. The van der Waals surface area contributed by atoms with Gasteiger partial charge in [0.15, 0.2) is 0 Å². The smallest absolute Gasteiger partial charge is 0.123 e. The van der Waals surface area contributed by atoms with E-state index < -0.39 is 0 Å². The van der Waals surface area contributed by atoms with E-state index in [1.54, 1.807) is 24.9 Å². The number of thioether (sulfide) groups is 1. The molecule has 0 saturated carbocycles. The van der Waals surface area contributed by atoms with Gasteiger partial charge in [0.05, 0.1) is 13.2 Å². The van der Waals surface area contributed by atoms with Crippen molar-refractivity contribution in [3.8, 4) is 5.75 Å². The Labute approximate surface area is 132 Å².